The Balaban J connectivity index is 0.00000625. The van der Waals surface area contributed by atoms with Crippen molar-refractivity contribution in [3.05, 3.63) is 29.8 Å². The lowest BCUT2D eigenvalue weighted by Gasteiger charge is -2.14. The largest absolute Gasteiger partial charge is 0.381 e. The Bertz CT molecular complexity index is 639. The van der Waals surface area contributed by atoms with Gasteiger partial charge in [0.25, 0.3) is 0 Å². The first-order valence-corrected chi connectivity index (χ1v) is 10.4. The minimum absolute atomic E-state index is 0. The maximum atomic E-state index is 11.4. The van der Waals surface area contributed by atoms with Crippen LogP contribution in [0.3, 0.4) is 0 Å². The van der Waals surface area contributed by atoms with E-state index in [1.165, 1.54) is 0 Å². The number of hydrogen-bond donors (Lipinski definition) is 3. The van der Waals surface area contributed by atoms with E-state index in [1.807, 2.05) is 12.1 Å². The molecule has 0 atom stereocenters. The van der Waals surface area contributed by atoms with Crippen molar-refractivity contribution >= 4 is 45.6 Å². The molecule has 0 saturated heterocycles. The van der Waals surface area contributed by atoms with Crippen molar-refractivity contribution in [3.8, 4) is 0 Å². The molecule has 0 aromatic heterocycles. The number of hydrogen-bond acceptors (Lipinski definition) is 4. The van der Waals surface area contributed by atoms with Crippen LogP contribution in [0.1, 0.15) is 31.7 Å². The number of nitrogens with zero attached hydrogens (tertiary/aromatic N) is 1. The number of aliphatic imine (C=N–C) groups is 1. The predicted molar refractivity (Wildman–Crippen MR) is 119 cm³/mol. The van der Waals surface area contributed by atoms with Gasteiger partial charge in [0, 0.05) is 33.4 Å². The average molecular weight is 498 g/mol. The maximum absolute atomic E-state index is 11.4. The van der Waals surface area contributed by atoms with Gasteiger partial charge in [0.2, 0.25) is 10.0 Å². The summed E-state index contributed by atoms with van der Waals surface area (Å²) >= 11 is 0. The van der Waals surface area contributed by atoms with Gasteiger partial charge in [-0.3, -0.25) is 9.71 Å². The Morgan fingerprint density at radius 3 is 2.50 bits per heavy atom. The number of halogens is 1. The zero-order valence-corrected chi connectivity index (χ0v) is 18.9. The highest BCUT2D eigenvalue weighted by Gasteiger charge is 2.07. The molecule has 26 heavy (non-hydrogen) atoms. The Kier molecular flexibility index (Phi) is 13.5. The number of rotatable bonds is 11. The van der Waals surface area contributed by atoms with Crippen molar-refractivity contribution in [1.29, 1.82) is 0 Å². The van der Waals surface area contributed by atoms with Crippen LogP contribution >= 0.6 is 24.0 Å². The van der Waals surface area contributed by atoms with Gasteiger partial charge in [-0.15, -0.1) is 24.0 Å². The maximum Gasteiger partial charge on any atom is 0.229 e. The van der Waals surface area contributed by atoms with Crippen LogP contribution in [-0.2, 0) is 21.3 Å². The first kappa shape index (κ1) is 24.9. The third-order valence-electron chi connectivity index (χ3n) is 3.38. The molecule has 150 valence electrons. The predicted octanol–water partition coefficient (Wildman–Crippen LogP) is 2.55. The van der Waals surface area contributed by atoms with Crippen LogP contribution in [-0.4, -0.2) is 47.4 Å². The summed E-state index contributed by atoms with van der Waals surface area (Å²) in [6, 6.07) is 7.27. The van der Waals surface area contributed by atoms with Crippen LogP contribution in [0, 0.1) is 0 Å². The van der Waals surface area contributed by atoms with Gasteiger partial charge >= 0.3 is 0 Å². The molecule has 1 aromatic rings. The molecule has 0 aliphatic rings. The first-order chi connectivity index (χ1) is 12.0. The second-order valence-corrected chi connectivity index (χ2v) is 7.45. The van der Waals surface area contributed by atoms with Gasteiger partial charge in [-0.2, -0.15) is 0 Å². The molecule has 0 aliphatic carbocycles. The smallest absolute Gasteiger partial charge is 0.229 e. The van der Waals surface area contributed by atoms with Crippen molar-refractivity contribution in [2.24, 2.45) is 4.99 Å². The van der Waals surface area contributed by atoms with Crippen molar-refractivity contribution in [2.45, 2.75) is 32.7 Å². The quantitative estimate of drug-likeness (QED) is 0.189. The number of benzene rings is 1. The molecule has 9 heteroatoms. The summed E-state index contributed by atoms with van der Waals surface area (Å²) in [6.45, 7) is 4.91. The highest BCUT2D eigenvalue weighted by Crippen LogP contribution is 2.15. The van der Waals surface area contributed by atoms with Gasteiger partial charge in [-0.25, -0.2) is 8.42 Å². The van der Waals surface area contributed by atoms with E-state index in [0.29, 0.717) is 18.2 Å². The summed E-state index contributed by atoms with van der Waals surface area (Å²) in [7, 11) is -1.61. The molecule has 0 heterocycles. The van der Waals surface area contributed by atoms with Gasteiger partial charge < -0.3 is 15.4 Å². The lowest BCUT2D eigenvalue weighted by molar-refractivity contribution is 0.129. The van der Waals surface area contributed by atoms with Crippen molar-refractivity contribution in [1.82, 2.24) is 10.6 Å². The van der Waals surface area contributed by atoms with Gasteiger partial charge in [0.1, 0.15) is 0 Å². The zero-order valence-electron chi connectivity index (χ0n) is 15.7. The van der Waals surface area contributed by atoms with Crippen LogP contribution < -0.4 is 15.4 Å². The SMILES string of the molecule is CCCCOCCCNC(=NC)NCc1ccccc1NS(C)(=O)=O.I. The summed E-state index contributed by atoms with van der Waals surface area (Å²) in [4.78, 5) is 4.17. The summed E-state index contributed by atoms with van der Waals surface area (Å²) in [5.41, 5.74) is 1.41. The van der Waals surface area contributed by atoms with E-state index in [9.17, 15) is 8.42 Å². The average Bonchev–Trinajstić information content (AvgIpc) is 2.56. The van der Waals surface area contributed by atoms with E-state index in [2.05, 4.69) is 27.3 Å². The summed E-state index contributed by atoms with van der Waals surface area (Å²) in [5.74, 6) is 0.669. The summed E-state index contributed by atoms with van der Waals surface area (Å²) < 4.78 is 30.9. The number of ether oxygens (including phenoxy) is 1. The molecule has 3 N–H and O–H groups in total. The van der Waals surface area contributed by atoms with Gasteiger partial charge in [-0.05, 0) is 24.5 Å². The molecule has 0 unspecified atom stereocenters. The molecule has 0 radical (unpaired) electrons. The molecular formula is C17H31IN4O3S. The van der Waals surface area contributed by atoms with E-state index < -0.39 is 10.0 Å². The monoisotopic (exact) mass is 498 g/mol. The minimum Gasteiger partial charge on any atom is -0.381 e. The van der Waals surface area contributed by atoms with Crippen LogP contribution in [0.2, 0.25) is 0 Å². The molecule has 1 rings (SSSR count). The second-order valence-electron chi connectivity index (χ2n) is 5.70. The molecule has 0 aliphatic heterocycles. The van der Waals surface area contributed by atoms with Gasteiger partial charge in [0.15, 0.2) is 5.96 Å². The van der Waals surface area contributed by atoms with E-state index in [1.54, 1.807) is 19.2 Å². The van der Waals surface area contributed by atoms with E-state index in [4.69, 9.17) is 4.74 Å². The number of sulfonamides is 1. The molecule has 0 bridgehead atoms. The molecule has 7 nitrogen and oxygen atoms in total. The summed E-state index contributed by atoms with van der Waals surface area (Å²) in [6.07, 6.45) is 4.28. The molecule has 0 spiro atoms. The Morgan fingerprint density at radius 2 is 1.85 bits per heavy atom. The van der Waals surface area contributed by atoms with Crippen LogP contribution in [0.5, 0.6) is 0 Å². The summed E-state index contributed by atoms with van der Waals surface area (Å²) in [5, 5.41) is 6.40. The minimum atomic E-state index is -3.31. The van der Waals surface area contributed by atoms with E-state index in [-0.39, 0.29) is 24.0 Å². The van der Waals surface area contributed by atoms with Gasteiger partial charge in [0.05, 0.1) is 11.9 Å². The van der Waals surface area contributed by atoms with Crippen molar-refractivity contribution < 1.29 is 13.2 Å². The number of anilines is 1. The molecular weight excluding hydrogens is 467 g/mol. The molecule has 0 saturated carbocycles. The third kappa shape index (κ3) is 11.5. The van der Waals surface area contributed by atoms with Crippen LogP contribution in [0.4, 0.5) is 5.69 Å². The highest BCUT2D eigenvalue weighted by atomic mass is 127. The normalized spacial score (nSPS) is 11.6. The molecule has 0 fully saturated rings. The molecule has 1 aromatic carbocycles. The topological polar surface area (TPSA) is 91.8 Å². The number of unbranched alkanes of at least 4 members (excludes halogenated alkanes) is 1. The number of nitrogens with one attached hydrogen (secondary N) is 3. The van der Waals surface area contributed by atoms with Crippen LogP contribution in [0.25, 0.3) is 0 Å². The van der Waals surface area contributed by atoms with E-state index in [0.717, 1.165) is 50.8 Å². The Hall–Kier alpha value is -1.07. The number of guanidine groups is 1. The van der Waals surface area contributed by atoms with Crippen molar-refractivity contribution in [3.63, 3.8) is 0 Å². The van der Waals surface area contributed by atoms with E-state index >= 15 is 0 Å². The Labute approximate surface area is 174 Å². The first-order valence-electron chi connectivity index (χ1n) is 8.54. The standard InChI is InChI=1S/C17H30N4O3S.HI/c1-4-5-12-24-13-8-11-19-17(18-2)20-14-15-9-6-7-10-16(15)21-25(3,22)23;/h6-7,9-10,21H,4-5,8,11-14H2,1-3H3,(H2,18,19,20);1H. The van der Waals surface area contributed by atoms with Gasteiger partial charge in [-0.1, -0.05) is 31.5 Å². The fourth-order valence-electron chi connectivity index (χ4n) is 2.10. The third-order valence-corrected chi connectivity index (χ3v) is 3.97. The number of para-hydroxylation sites is 1. The fourth-order valence-corrected chi connectivity index (χ4v) is 2.70. The Morgan fingerprint density at radius 1 is 1.15 bits per heavy atom. The molecule has 0 amide bonds. The van der Waals surface area contributed by atoms with Crippen molar-refractivity contribution in [2.75, 3.05) is 37.8 Å². The lowest BCUT2D eigenvalue weighted by Crippen LogP contribution is -2.37. The zero-order chi connectivity index (χ0) is 18.5. The lowest BCUT2D eigenvalue weighted by atomic mass is 10.2. The van der Waals surface area contributed by atoms with Crippen LogP contribution in [0.15, 0.2) is 29.3 Å². The fraction of sp³-hybridized carbons (Fsp3) is 0.588. The highest BCUT2D eigenvalue weighted by molar-refractivity contribution is 14.0. The second kappa shape index (κ2) is 14.0.